The Morgan fingerprint density at radius 1 is 0.804 bits per heavy atom. The summed E-state index contributed by atoms with van der Waals surface area (Å²) in [7, 11) is 0. The highest BCUT2D eigenvalue weighted by molar-refractivity contribution is 5.99. The number of allylic oxidation sites excluding steroid dienone is 7. The van der Waals surface area contributed by atoms with E-state index in [0.29, 0.717) is 0 Å². The maximum absolute atomic E-state index is 7.08. The number of aromatic nitrogens is 1. The molecule has 3 heteroatoms. The molecule has 3 heterocycles. The molecule has 246 valence electrons. The van der Waals surface area contributed by atoms with Gasteiger partial charge in [0.2, 0.25) is 0 Å². The molecule has 51 heavy (non-hydrogen) atoms. The van der Waals surface area contributed by atoms with Crippen LogP contribution in [0.2, 0.25) is 0 Å². The molecular formula is C48H38N2O. The minimum absolute atomic E-state index is 0.0274. The Hall–Kier alpha value is -5.60. The van der Waals surface area contributed by atoms with Crippen LogP contribution in [0.1, 0.15) is 77.5 Å². The molecular weight excluding hydrogens is 621 g/mol. The molecule has 6 aromatic rings. The van der Waals surface area contributed by atoms with Crippen molar-refractivity contribution in [3.8, 4) is 11.1 Å². The van der Waals surface area contributed by atoms with Crippen LogP contribution >= 0.6 is 0 Å². The first kappa shape index (κ1) is 29.2. The van der Waals surface area contributed by atoms with Crippen molar-refractivity contribution in [1.82, 2.24) is 9.88 Å². The Bertz CT molecular complexity index is 2610. The number of nitrogens with zero attached hydrogens (tertiary/aromatic N) is 1. The zero-order chi connectivity index (χ0) is 33.5. The predicted octanol–water partition coefficient (Wildman–Crippen LogP) is 11.6. The highest BCUT2D eigenvalue weighted by atomic mass is 16.3. The third-order valence-corrected chi connectivity index (χ3v) is 12.0. The van der Waals surface area contributed by atoms with Crippen molar-refractivity contribution in [1.29, 1.82) is 0 Å². The molecule has 0 amide bonds. The summed E-state index contributed by atoms with van der Waals surface area (Å²) < 4.78 is 9.71. The molecule has 11 rings (SSSR count). The van der Waals surface area contributed by atoms with Gasteiger partial charge in [-0.25, -0.2) is 0 Å². The molecule has 0 fully saturated rings. The smallest absolute Gasteiger partial charge is 0.139 e. The first-order chi connectivity index (χ1) is 25.3. The highest BCUT2D eigenvalue weighted by Crippen LogP contribution is 2.49. The van der Waals surface area contributed by atoms with Gasteiger partial charge < -0.3 is 8.98 Å². The van der Waals surface area contributed by atoms with Crippen LogP contribution in [-0.4, -0.2) is 4.57 Å². The second-order valence-corrected chi connectivity index (χ2v) is 14.7. The zero-order valence-electron chi connectivity index (χ0n) is 28.5. The standard InChI is InChI=1S/C48H38N2O/c1-2-13-30(14-3-1)40-29-45-46(37-21-9-8-19-35(37)40)39-23-12-22-38(47(39)51-45)42-26-25-31-15-6-7-18-34(31)48(49-42)50-43-24-11-10-20-36(43)41-27-32-16-4-5-17-33(32)28-44(41)50/h1-6,8-15,17,19-24,28,40,42,48-49H,7,18,25-27,29H2. The number of furan rings is 1. The van der Waals surface area contributed by atoms with Gasteiger partial charge in [0.25, 0.3) is 0 Å². The van der Waals surface area contributed by atoms with Crippen LogP contribution in [0.15, 0.2) is 160 Å². The van der Waals surface area contributed by atoms with Gasteiger partial charge in [-0.1, -0.05) is 115 Å². The molecule has 1 aliphatic heterocycles. The molecule has 3 atom stereocenters. The topological polar surface area (TPSA) is 30.1 Å². The first-order valence-electron chi connectivity index (χ1n) is 18.6. The van der Waals surface area contributed by atoms with Gasteiger partial charge in [-0.3, -0.25) is 5.32 Å². The first-order valence-corrected chi connectivity index (χ1v) is 18.6. The van der Waals surface area contributed by atoms with Gasteiger partial charge in [0, 0.05) is 58.0 Å². The summed E-state index contributed by atoms with van der Waals surface area (Å²) in [6.45, 7) is 0. The van der Waals surface area contributed by atoms with Crippen molar-refractivity contribution in [3.63, 3.8) is 0 Å². The Morgan fingerprint density at radius 2 is 1.65 bits per heavy atom. The molecule has 1 N–H and O–H groups in total. The van der Waals surface area contributed by atoms with Gasteiger partial charge in [-0.15, -0.1) is 5.73 Å². The zero-order valence-corrected chi connectivity index (χ0v) is 28.5. The lowest BCUT2D eigenvalue weighted by Gasteiger charge is -2.31. The van der Waals surface area contributed by atoms with E-state index in [2.05, 4.69) is 143 Å². The largest absolute Gasteiger partial charge is 0.460 e. The van der Waals surface area contributed by atoms with Crippen molar-refractivity contribution in [2.24, 2.45) is 0 Å². The summed E-state index contributed by atoms with van der Waals surface area (Å²) in [5.74, 6) is 1.38. The van der Waals surface area contributed by atoms with E-state index in [4.69, 9.17) is 4.42 Å². The second-order valence-electron chi connectivity index (χ2n) is 14.7. The Balaban J connectivity index is 1.07. The number of nitrogens with one attached hydrogen (secondary N) is 1. The maximum atomic E-state index is 7.08. The predicted molar refractivity (Wildman–Crippen MR) is 208 cm³/mol. The molecule has 2 aromatic heterocycles. The Morgan fingerprint density at radius 3 is 2.61 bits per heavy atom. The third-order valence-electron chi connectivity index (χ3n) is 12.0. The van der Waals surface area contributed by atoms with Crippen LogP contribution in [0.4, 0.5) is 0 Å². The number of fused-ring (bicyclic) bond motifs is 9. The fourth-order valence-electron chi connectivity index (χ4n) is 9.72. The van der Waals surface area contributed by atoms with Crippen LogP contribution in [0.5, 0.6) is 0 Å². The lowest BCUT2D eigenvalue weighted by atomic mass is 9.78. The Labute approximate surface area is 298 Å². The number of hydrogen-bond donors (Lipinski definition) is 1. The molecule has 0 saturated heterocycles. The van der Waals surface area contributed by atoms with Crippen LogP contribution in [-0.2, 0) is 12.8 Å². The van der Waals surface area contributed by atoms with E-state index in [1.54, 1.807) is 0 Å². The van der Waals surface area contributed by atoms with E-state index in [-0.39, 0.29) is 18.1 Å². The summed E-state index contributed by atoms with van der Waals surface area (Å²) in [6.07, 6.45) is 19.6. The number of benzene rings is 4. The summed E-state index contributed by atoms with van der Waals surface area (Å²) in [5, 5.41) is 6.88. The minimum atomic E-state index is 0.0274. The molecule has 0 spiro atoms. The van der Waals surface area contributed by atoms with E-state index >= 15 is 0 Å². The molecule has 0 radical (unpaired) electrons. The van der Waals surface area contributed by atoms with Crippen molar-refractivity contribution in [2.75, 3.05) is 0 Å². The monoisotopic (exact) mass is 658 g/mol. The summed E-state index contributed by atoms with van der Waals surface area (Å²) in [4.78, 5) is 0. The van der Waals surface area contributed by atoms with E-state index in [0.717, 1.165) is 49.9 Å². The average molecular weight is 659 g/mol. The highest BCUT2D eigenvalue weighted by Gasteiger charge is 2.35. The van der Waals surface area contributed by atoms with Crippen molar-refractivity contribution in [3.05, 3.63) is 189 Å². The van der Waals surface area contributed by atoms with Gasteiger partial charge in [-0.05, 0) is 82.9 Å². The molecule has 3 unspecified atom stereocenters. The quantitative estimate of drug-likeness (QED) is 0.192. The van der Waals surface area contributed by atoms with E-state index in [9.17, 15) is 0 Å². The van der Waals surface area contributed by atoms with E-state index in [1.807, 2.05) is 6.08 Å². The third kappa shape index (κ3) is 4.49. The van der Waals surface area contributed by atoms with Gasteiger partial charge in [0.1, 0.15) is 17.5 Å². The normalized spacial score (nSPS) is 21.8. The van der Waals surface area contributed by atoms with Gasteiger partial charge >= 0.3 is 0 Å². The SMILES string of the molecule is C1=CC=CC2=Cc3c(c4ccccc4n3C3NC(c4cccc5c6c(oc45)CC(c4ccccc4)c4ccccc4-6)CCC4=C3CCC=C4)CC=12. The maximum Gasteiger partial charge on any atom is 0.139 e. The van der Waals surface area contributed by atoms with Crippen LogP contribution in [0.25, 0.3) is 39.1 Å². The molecule has 4 aliphatic carbocycles. The van der Waals surface area contributed by atoms with Crippen LogP contribution < -0.4 is 5.32 Å². The van der Waals surface area contributed by atoms with Crippen LogP contribution in [0.3, 0.4) is 0 Å². The van der Waals surface area contributed by atoms with Gasteiger partial charge in [0.15, 0.2) is 0 Å². The second kappa shape index (κ2) is 11.5. The summed E-state index contributed by atoms with van der Waals surface area (Å²) in [6, 6.07) is 35.9. The fraction of sp³-hybridized carbons (Fsp3) is 0.188. The average Bonchev–Trinajstić information content (AvgIpc) is 3.66. The number of rotatable bonds is 3. The lowest BCUT2D eigenvalue weighted by molar-refractivity contribution is 0.391. The molecule has 5 aliphatic rings. The van der Waals surface area contributed by atoms with Crippen molar-refractivity contribution in [2.45, 2.75) is 56.7 Å². The van der Waals surface area contributed by atoms with Gasteiger partial charge in [0.05, 0.1) is 5.52 Å². The minimum Gasteiger partial charge on any atom is -0.460 e. The van der Waals surface area contributed by atoms with Crippen LogP contribution in [0, 0.1) is 0 Å². The number of para-hydroxylation sites is 2. The molecule has 4 aromatic carbocycles. The molecule has 0 saturated carbocycles. The van der Waals surface area contributed by atoms with E-state index in [1.165, 1.54) is 77.7 Å². The number of hydrogen-bond acceptors (Lipinski definition) is 2. The van der Waals surface area contributed by atoms with Crippen molar-refractivity contribution < 1.29 is 4.42 Å². The van der Waals surface area contributed by atoms with E-state index < -0.39 is 0 Å². The summed E-state index contributed by atoms with van der Waals surface area (Å²) >= 11 is 0. The summed E-state index contributed by atoms with van der Waals surface area (Å²) in [5.41, 5.74) is 20.7. The lowest BCUT2D eigenvalue weighted by Crippen LogP contribution is -2.32. The van der Waals surface area contributed by atoms with Gasteiger partial charge in [-0.2, -0.15) is 0 Å². The fourth-order valence-corrected chi connectivity index (χ4v) is 9.72. The molecule has 0 bridgehead atoms. The molecule has 3 nitrogen and oxygen atoms in total. The Kier molecular flexibility index (Phi) is 6.56. The van der Waals surface area contributed by atoms with Crippen molar-refractivity contribution >= 4 is 27.9 Å².